The van der Waals surface area contributed by atoms with Gasteiger partial charge in [-0.2, -0.15) is 0 Å². The molecule has 3 atom stereocenters. The van der Waals surface area contributed by atoms with Crippen molar-refractivity contribution in [2.75, 3.05) is 13.7 Å². The van der Waals surface area contributed by atoms with Gasteiger partial charge in [0.15, 0.2) is 0 Å². The van der Waals surface area contributed by atoms with E-state index in [1.165, 1.54) is 7.11 Å². The highest BCUT2D eigenvalue weighted by atomic mass is 79.9. The fourth-order valence-electron chi connectivity index (χ4n) is 4.06. The first-order chi connectivity index (χ1) is 14.7. The second-order valence-corrected chi connectivity index (χ2v) is 9.81. The van der Waals surface area contributed by atoms with Crippen molar-refractivity contribution in [1.29, 1.82) is 0 Å². The Kier molecular flexibility index (Phi) is 7.09. The van der Waals surface area contributed by atoms with Crippen molar-refractivity contribution in [3.63, 3.8) is 0 Å². The average molecular weight is 491 g/mol. The van der Waals surface area contributed by atoms with Gasteiger partial charge >= 0.3 is 6.09 Å². The summed E-state index contributed by atoms with van der Waals surface area (Å²) in [6.07, 6.45) is 2.97. The molecule has 0 aliphatic carbocycles. The van der Waals surface area contributed by atoms with Crippen LogP contribution in [0.15, 0.2) is 34.9 Å². The molecule has 1 aliphatic heterocycles. The minimum Gasteiger partial charge on any atom is -0.453 e. The number of amides is 2. The zero-order valence-electron chi connectivity index (χ0n) is 18.7. The lowest BCUT2D eigenvalue weighted by molar-refractivity contribution is -0.135. The first-order valence-electron chi connectivity index (χ1n) is 10.6. The number of hydrogen-bond donors (Lipinski definition) is 2. The van der Waals surface area contributed by atoms with E-state index in [-0.39, 0.29) is 23.3 Å². The molecule has 1 fully saturated rings. The summed E-state index contributed by atoms with van der Waals surface area (Å²) in [4.78, 5) is 35.3. The number of aromatic amines is 1. The average Bonchev–Trinajstić information content (AvgIpc) is 3.37. The lowest BCUT2D eigenvalue weighted by Crippen LogP contribution is -2.51. The van der Waals surface area contributed by atoms with Gasteiger partial charge in [0, 0.05) is 11.0 Å². The number of alkyl carbamates (subject to hydrolysis) is 1. The molecule has 0 spiro atoms. The number of likely N-dealkylation sites (tertiary alicyclic amines) is 1. The van der Waals surface area contributed by atoms with Crippen LogP contribution in [-0.4, -0.2) is 46.6 Å². The lowest BCUT2D eigenvalue weighted by Gasteiger charge is -2.30. The van der Waals surface area contributed by atoms with E-state index in [9.17, 15) is 9.59 Å². The number of imidazole rings is 1. The van der Waals surface area contributed by atoms with Crippen molar-refractivity contribution >= 4 is 27.9 Å². The van der Waals surface area contributed by atoms with Crippen LogP contribution in [0.1, 0.15) is 52.4 Å². The van der Waals surface area contributed by atoms with Crippen LogP contribution in [-0.2, 0) is 9.53 Å². The van der Waals surface area contributed by atoms with Crippen molar-refractivity contribution in [2.45, 2.75) is 52.6 Å². The standard InChI is InChI=1S/C23H31BrN4O3/c1-6-23(4)11-18(20-25-12-17(26-20)15-7-9-16(24)10-8-15)28(13-23)21(29)19(14(2)3)27-22(30)31-5/h7-10,12,14,18-19H,6,11,13H2,1-5H3,(H,25,26)(H,27,30)/t18-,19-,23?/m0/s1. The number of halogens is 1. The van der Waals surface area contributed by atoms with Gasteiger partial charge in [-0.25, -0.2) is 9.78 Å². The second-order valence-electron chi connectivity index (χ2n) is 8.90. The molecule has 7 nitrogen and oxygen atoms in total. The van der Waals surface area contributed by atoms with Crippen molar-refractivity contribution in [3.8, 4) is 11.3 Å². The molecule has 1 saturated heterocycles. The smallest absolute Gasteiger partial charge is 0.407 e. The summed E-state index contributed by atoms with van der Waals surface area (Å²) in [6, 6.07) is 7.17. The maximum Gasteiger partial charge on any atom is 0.407 e. The van der Waals surface area contributed by atoms with Gasteiger partial charge in [0.2, 0.25) is 5.91 Å². The first-order valence-corrected chi connectivity index (χ1v) is 11.4. The number of H-pyrrole nitrogens is 1. The third kappa shape index (κ3) is 5.11. The molecule has 3 rings (SSSR count). The quantitative estimate of drug-likeness (QED) is 0.601. The van der Waals surface area contributed by atoms with Crippen LogP contribution in [0.3, 0.4) is 0 Å². The second kappa shape index (κ2) is 9.42. The number of rotatable bonds is 6. The molecule has 31 heavy (non-hydrogen) atoms. The van der Waals surface area contributed by atoms with Gasteiger partial charge in [-0.3, -0.25) is 4.79 Å². The monoisotopic (exact) mass is 490 g/mol. The third-order valence-electron chi connectivity index (χ3n) is 6.21. The summed E-state index contributed by atoms with van der Waals surface area (Å²) < 4.78 is 5.75. The van der Waals surface area contributed by atoms with E-state index in [0.717, 1.165) is 34.4 Å². The molecule has 2 aromatic rings. The number of methoxy groups -OCH3 is 1. The Balaban J connectivity index is 1.91. The number of aromatic nitrogens is 2. The Morgan fingerprint density at radius 3 is 2.61 bits per heavy atom. The SMILES string of the molecule is CCC1(C)C[C@@H](c2ncc(-c3ccc(Br)cc3)[nH]2)N(C(=O)[C@@H](NC(=O)OC)C(C)C)C1. The number of nitrogens with one attached hydrogen (secondary N) is 2. The predicted octanol–water partition coefficient (Wildman–Crippen LogP) is 4.91. The molecule has 168 valence electrons. The topological polar surface area (TPSA) is 87.3 Å². The van der Waals surface area contributed by atoms with Crippen LogP contribution < -0.4 is 5.32 Å². The summed E-state index contributed by atoms with van der Waals surface area (Å²) in [5.41, 5.74) is 1.93. The first kappa shape index (κ1) is 23.3. The van der Waals surface area contributed by atoms with Crippen LogP contribution in [0.4, 0.5) is 4.79 Å². The fraction of sp³-hybridized carbons (Fsp3) is 0.522. The normalized spacial score (nSPS) is 21.9. The highest BCUT2D eigenvalue weighted by Crippen LogP contribution is 2.44. The minimum absolute atomic E-state index is 0.0162. The summed E-state index contributed by atoms with van der Waals surface area (Å²) in [5.74, 6) is 0.587. The maximum atomic E-state index is 13.5. The number of carbonyl (C=O) groups excluding carboxylic acids is 2. The molecule has 2 N–H and O–H groups in total. The molecule has 1 aromatic heterocycles. The van der Waals surface area contributed by atoms with Gasteiger partial charge in [-0.1, -0.05) is 55.8 Å². The number of hydrogen-bond acceptors (Lipinski definition) is 4. The van der Waals surface area contributed by atoms with Crippen molar-refractivity contribution in [1.82, 2.24) is 20.2 Å². The van der Waals surface area contributed by atoms with Crippen molar-refractivity contribution in [2.24, 2.45) is 11.3 Å². The zero-order chi connectivity index (χ0) is 22.8. The van der Waals surface area contributed by atoms with E-state index >= 15 is 0 Å². The van der Waals surface area contributed by atoms with Crippen molar-refractivity contribution in [3.05, 3.63) is 40.8 Å². The summed E-state index contributed by atoms with van der Waals surface area (Å²) in [5, 5.41) is 2.71. The van der Waals surface area contributed by atoms with E-state index in [0.29, 0.717) is 6.54 Å². The molecule has 2 amide bonds. The highest BCUT2D eigenvalue weighted by Gasteiger charge is 2.46. The van der Waals surface area contributed by atoms with E-state index < -0.39 is 12.1 Å². The molecular weight excluding hydrogens is 460 g/mol. The Bertz CT molecular complexity index is 927. The van der Waals surface area contributed by atoms with Crippen LogP contribution in [0.2, 0.25) is 0 Å². The number of carbonyl (C=O) groups is 2. The predicted molar refractivity (Wildman–Crippen MR) is 123 cm³/mol. The highest BCUT2D eigenvalue weighted by molar-refractivity contribution is 9.10. The van der Waals surface area contributed by atoms with Crippen molar-refractivity contribution < 1.29 is 14.3 Å². The van der Waals surface area contributed by atoms with Gasteiger partial charge in [-0.05, 0) is 41.9 Å². The van der Waals surface area contributed by atoms with E-state index in [1.807, 2.05) is 49.2 Å². The molecule has 2 heterocycles. The number of ether oxygens (including phenoxy) is 1. The summed E-state index contributed by atoms with van der Waals surface area (Å²) in [6.45, 7) is 8.80. The Labute approximate surface area is 192 Å². The van der Waals surface area contributed by atoms with E-state index in [1.54, 1.807) is 0 Å². The maximum absolute atomic E-state index is 13.5. The molecule has 0 saturated carbocycles. The van der Waals surface area contributed by atoms with Gasteiger partial charge < -0.3 is 19.9 Å². The lowest BCUT2D eigenvalue weighted by atomic mass is 9.85. The Hall–Kier alpha value is -2.35. The van der Waals surface area contributed by atoms with Crippen LogP contribution >= 0.6 is 15.9 Å². The van der Waals surface area contributed by atoms with Crippen LogP contribution in [0.5, 0.6) is 0 Å². The zero-order valence-corrected chi connectivity index (χ0v) is 20.3. The molecule has 1 aliphatic rings. The molecule has 1 aromatic carbocycles. The molecule has 1 unspecified atom stereocenters. The molecular formula is C23H31BrN4O3. The molecule has 0 bridgehead atoms. The summed E-state index contributed by atoms with van der Waals surface area (Å²) in [7, 11) is 1.30. The minimum atomic E-state index is -0.657. The number of nitrogens with zero attached hydrogens (tertiary/aromatic N) is 2. The van der Waals surface area contributed by atoms with Gasteiger partial charge in [0.1, 0.15) is 11.9 Å². The summed E-state index contributed by atoms with van der Waals surface area (Å²) >= 11 is 3.46. The van der Waals surface area contributed by atoms with Gasteiger partial charge in [0.25, 0.3) is 0 Å². The van der Waals surface area contributed by atoms with Crippen LogP contribution in [0, 0.1) is 11.3 Å². The fourth-order valence-corrected chi connectivity index (χ4v) is 4.32. The van der Waals surface area contributed by atoms with Gasteiger partial charge in [0.05, 0.1) is 25.0 Å². The van der Waals surface area contributed by atoms with E-state index in [2.05, 4.69) is 45.1 Å². The third-order valence-corrected chi connectivity index (χ3v) is 6.74. The van der Waals surface area contributed by atoms with Gasteiger partial charge in [-0.15, -0.1) is 0 Å². The Morgan fingerprint density at radius 1 is 1.35 bits per heavy atom. The molecule has 8 heteroatoms. The molecule has 0 radical (unpaired) electrons. The largest absolute Gasteiger partial charge is 0.453 e. The van der Waals surface area contributed by atoms with Crippen LogP contribution in [0.25, 0.3) is 11.3 Å². The number of benzene rings is 1. The van der Waals surface area contributed by atoms with E-state index in [4.69, 9.17) is 4.74 Å². The Morgan fingerprint density at radius 2 is 2.03 bits per heavy atom.